The van der Waals surface area contributed by atoms with Crippen LogP contribution in [0.3, 0.4) is 0 Å². The Morgan fingerprint density at radius 3 is 1.63 bits per heavy atom. The zero-order valence-electron chi connectivity index (χ0n) is 26.4. The number of aromatic nitrogens is 4. The molecule has 0 unspecified atom stereocenters. The van der Waals surface area contributed by atoms with Crippen molar-refractivity contribution < 1.29 is 69.4 Å². The molecule has 49 heavy (non-hydrogen) atoms. The molecule has 21 heteroatoms. The third-order valence-corrected chi connectivity index (χ3v) is 8.58. The minimum atomic E-state index is -6.09. The molecule has 1 aliphatic rings. The van der Waals surface area contributed by atoms with Gasteiger partial charge in [-0.05, 0) is 64.5 Å². The molecule has 0 N–H and O–H groups in total. The molecule has 3 heterocycles. The fraction of sp³-hybridized carbons (Fsp3) is 0.500. The number of fused-ring (bicyclic) bond motifs is 2. The third kappa shape index (κ3) is 11.1. The van der Waals surface area contributed by atoms with E-state index in [1.165, 1.54) is 29.7 Å². The van der Waals surface area contributed by atoms with Gasteiger partial charge < -0.3 is 18.2 Å². The van der Waals surface area contributed by atoms with Crippen molar-refractivity contribution in [1.29, 1.82) is 0 Å². The molecule has 1 aliphatic heterocycles. The second-order valence-corrected chi connectivity index (χ2v) is 13.5. The van der Waals surface area contributed by atoms with Crippen LogP contribution in [-0.4, -0.2) is 92.0 Å². The number of para-hydroxylation sites is 4. The van der Waals surface area contributed by atoms with E-state index in [9.17, 15) is 26.3 Å². The molecule has 0 aliphatic carbocycles. The molecule has 1 fully saturated rings. The van der Waals surface area contributed by atoms with Crippen LogP contribution in [0.2, 0.25) is 0 Å². The number of likely N-dealkylation sites (N-methyl/N-ethyl adjacent to an activating group) is 1. The van der Waals surface area contributed by atoms with Gasteiger partial charge in [-0.2, -0.15) is 26.3 Å². The summed E-state index contributed by atoms with van der Waals surface area (Å²) in [6.45, 7) is 10.3. The summed E-state index contributed by atoms with van der Waals surface area (Å²) in [5, 5.41) is 0. The first-order valence-electron chi connectivity index (χ1n) is 14.5. The van der Waals surface area contributed by atoms with E-state index in [4.69, 9.17) is 35.9 Å². The standard InChI is InChI=1S/C26H34N6.2CHF3O3S.Fe/c1-4-31-23-14-8-6-12-21(23)27-25(31)18-29(3)17-20-11-10-16-30(20)19-26-28-22-13-7-9-15-24(22)32(26)5-2;2*2-1(3,4)8(5,6)7;/h6-9,12-15,20H,4-5,10-11,16-19H2,1-3H3;2*(H,5,6,7);/q;;;+2/p-2/t20-;;;/m0.../s1. The maximum absolute atomic E-state index is 10.7. The number of benzene rings is 2. The zero-order valence-corrected chi connectivity index (χ0v) is 29.2. The van der Waals surface area contributed by atoms with Crippen molar-refractivity contribution in [2.24, 2.45) is 0 Å². The first-order valence-corrected chi connectivity index (χ1v) is 17.3. The number of rotatable bonds is 8. The molecule has 0 bridgehead atoms. The van der Waals surface area contributed by atoms with Gasteiger partial charge in [0.1, 0.15) is 11.6 Å². The number of halogens is 6. The third-order valence-electron chi connectivity index (χ3n) is 7.44. The molecule has 4 aromatic rings. The maximum Gasteiger partial charge on any atom is 2.00 e. The molecule has 0 spiro atoms. The van der Waals surface area contributed by atoms with Crippen molar-refractivity contribution in [3.63, 3.8) is 0 Å². The van der Waals surface area contributed by atoms with Gasteiger partial charge in [0, 0.05) is 25.7 Å². The molecule has 1 saturated heterocycles. The number of alkyl halides is 6. The SMILES string of the molecule is CCn1c(CN(C)C[C@@H]2CCCN2Cc2nc3ccccc3n2CC)nc2ccccc21.O=S(=O)([O-])C(F)(F)F.O=S(=O)([O-])C(F)(F)F.[Fe+2]. The number of nitrogens with zero attached hydrogens (tertiary/aromatic N) is 6. The Hall–Kier alpha value is -2.78. The van der Waals surface area contributed by atoms with Crippen LogP contribution in [0.15, 0.2) is 48.5 Å². The average Bonchev–Trinajstić information content (AvgIpc) is 3.66. The Labute approximate surface area is 290 Å². The van der Waals surface area contributed by atoms with E-state index in [0.717, 1.165) is 56.1 Å². The summed E-state index contributed by atoms with van der Waals surface area (Å²) < 4.78 is 123. The molecule has 2 aromatic carbocycles. The molecule has 2 aromatic heterocycles. The van der Waals surface area contributed by atoms with Crippen molar-refractivity contribution in [2.45, 2.75) is 69.9 Å². The van der Waals surface area contributed by atoms with Crippen LogP contribution in [-0.2, 0) is 63.5 Å². The van der Waals surface area contributed by atoms with Crippen LogP contribution < -0.4 is 0 Å². The smallest absolute Gasteiger partial charge is 0.741 e. The van der Waals surface area contributed by atoms with Crippen molar-refractivity contribution in [1.82, 2.24) is 28.9 Å². The summed E-state index contributed by atoms with van der Waals surface area (Å²) in [6.07, 6.45) is 2.51. The molecule has 0 saturated carbocycles. The molecule has 5 rings (SSSR count). The van der Waals surface area contributed by atoms with Crippen molar-refractivity contribution in [2.75, 3.05) is 20.1 Å². The quantitative estimate of drug-likeness (QED) is 0.107. The van der Waals surface area contributed by atoms with Gasteiger partial charge in [0.2, 0.25) is 0 Å². The van der Waals surface area contributed by atoms with Crippen molar-refractivity contribution in [3.8, 4) is 0 Å². The summed E-state index contributed by atoms with van der Waals surface area (Å²) in [5.74, 6) is 2.35. The van der Waals surface area contributed by atoms with E-state index >= 15 is 0 Å². The van der Waals surface area contributed by atoms with E-state index in [0.29, 0.717) is 6.04 Å². The summed E-state index contributed by atoms with van der Waals surface area (Å²) in [6, 6.07) is 17.5. The molecule has 0 radical (unpaired) electrons. The van der Waals surface area contributed by atoms with Crippen molar-refractivity contribution in [3.05, 3.63) is 60.2 Å². The Bertz CT molecular complexity index is 1860. The van der Waals surface area contributed by atoms with Gasteiger partial charge in [-0.15, -0.1) is 0 Å². The summed E-state index contributed by atoms with van der Waals surface area (Å²) in [4.78, 5) is 15.0. The van der Waals surface area contributed by atoms with Crippen LogP contribution in [0.4, 0.5) is 26.3 Å². The van der Waals surface area contributed by atoms with Gasteiger partial charge in [0.25, 0.3) is 0 Å². The minimum Gasteiger partial charge on any atom is -0.741 e. The summed E-state index contributed by atoms with van der Waals surface area (Å²) >= 11 is 0. The fourth-order valence-electron chi connectivity index (χ4n) is 5.36. The van der Waals surface area contributed by atoms with Gasteiger partial charge in [-0.3, -0.25) is 9.80 Å². The summed E-state index contributed by atoms with van der Waals surface area (Å²) in [5.41, 5.74) is -6.61. The average molecular weight is 785 g/mol. The molecule has 274 valence electrons. The Balaban J connectivity index is 0.000000410. The predicted octanol–water partition coefficient (Wildman–Crippen LogP) is 4.62. The monoisotopic (exact) mass is 784 g/mol. The van der Waals surface area contributed by atoms with Crippen LogP contribution in [0.5, 0.6) is 0 Å². The number of hydrogen-bond donors (Lipinski definition) is 0. The number of aryl methyl sites for hydroxylation is 2. The number of hydrogen-bond acceptors (Lipinski definition) is 10. The molecule has 12 nitrogen and oxygen atoms in total. The second kappa shape index (κ2) is 17.0. The van der Waals surface area contributed by atoms with E-state index in [2.05, 4.69) is 88.4 Å². The Morgan fingerprint density at radius 1 is 0.796 bits per heavy atom. The fourth-order valence-corrected chi connectivity index (χ4v) is 5.36. The second-order valence-electron chi connectivity index (χ2n) is 10.8. The summed E-state index contributed by atoms with van der Waals surface area (Å²) in [7, 11) is -9.95. The van der Waals surface area contributed by atoms with Crippen LogP contribution >= 0.6 is 0 Å². The largest absolute Gasteiger partial charge is 2.00 e. The normalized spacial score (nSPS) is 15.9. The van der Waals surface area contributed by atoms with Crippen LogP contribution in [0, 0.1) is 0 Å². The zero-order chi connectivity index (χ0) is 36.1. The van der Waals surface area contributed by atoms with Gasteiger partial charge in [-0.1, -0.05) is 24.3 Å². The van der Waals surface area contributed by atoms with Gasteiger partial charge >= 0.3 is 28.1 Å². The van der Waals surface area contributed by atoms with Gasteiger partial charge in [-0.25, -0.2) is 26.8 Å². The van der Waals surface area contributed by atoms with Crippen molar-refractivity contribution >= 4 is 42.3 Å². The number of imidazole rings is 2. The molecular formula is C28H34F6FeN6O6S2. The maximum atomic E-state index is 10.7. The van der Waals surface area contributed by atoms with Crippen LogP contribution in [0.1, 0.15) is 38.3 Å². The van der Waals surface area contributed by atoms with Crippen LogP contribution in [0.25, 0.3) is 22.1 Å². The van der Waals surface area contributed by atoms with E-state index in [1.54, 1.807) is 0 Å². The molecule has 0 amide bonds. The minimum absolute atomic E-state index is 0. The molecular weight excluding hydrogens is 750 g/mol. The molecule has 1 atom stereocenters. The van der Waals surface area contributed by atoms with E-state index in [-0.39, 0.29) is 17.1 Å². The Kier molecular flexibility index (Phi) is 14.7. The van der Waals surface area contributed by atoms with Gasteiger partial charge in [0.15, 0.2) is 20.2 Å². The van der Waals surface area contributed by atoms with Gasteiger partial charge in [0.05, 0.1) is 35.2 Å². The van der Waals surface area contributed by atoms with E-state index in [1.807, 2.05) is 0 Å². The first kappa shape index (κ1) is 42.4. The first-order chi connectivity index (χ1) is 22.2. The number of likely N-dealkylation sites (tertiary alicyclic amines) is 1. The van der Waals surface area contributed by atoms with E-state index < -0.39 is 31.3 Å². The topological polar surface area (TPSA) is 157 Å². The Morgan fingerprint density at radius 2 is 1.20 bits per heavy atom. The predicted molar refractivity (Wildman–Crippen MR) is 162 cm³/mol.